The van der Waals surface area contributed by atoms with Gasteiger partial charge in [-0.15, -0.1) is 24.2 Å². The van der Waals surface area contributed by atoms with Gasteiger partial charge in [-0.05, 0) is 55.9 Å². The lowest BCUT2D eigenvalue weighted by molar-refractivity contribution is -0.117. The summed E-state index contributed by atoms with van der Waals surface area (Å²) in [6, 6.07) is 0. The van der Waals surface area contributed by atoms with Crippen LogP contribution in [0.5, 0.6) is 0 Å². The van der Waals surface area contributed by atoms with Gasteiger partial charge in [0.1, 0.15) is 5.00 Å². The number of hydrogen-bond acceptors (Lipinski definition) is 5. The molecule has 7 heteroatoms. The number of amides is 2. The Morgan fingerprint density at radius 2 is 1.88 bits per heavy atom. The van der Waals surface area contributed by atoms with Crippen LogP contribution in [-0.4, -0.2) is 29.8 Å². The van der Waals surface area contributed by atoms with E-state index in [9.17, 15) is 9.59 Å². The average Bonchev–Trinajstić information content (AvgIpc) is 3.31. The minimum absolute atomic E-state index is 0.102. The van der Waals surface area contributed by atoms with Crippen LogP contribution in [-0.2, 0) is 17.6 Å². The number of aryl methyl sites for hydroxylation is 1. The molecular formula is C19H29N3O2S2. The number of nitrogens with two attached hydrogens (primary N) is 1. The lowest BCUT2D eigenvalue weighted by atomic mass is 9.87. The first-order chi connectivity index (χ1) is 12.5. The normalized spacial score (nSPS) is 24.5. The summed E-state index contributed by atoms with van der Waals surface area (Å²) in [4.78, 5) is 28.8. The van der Waals surface area contributed by atoms with Gasteiger partial charge in [-0.3, -0.25) is 14.7 Å². The lowest BCUT2D eigenvalue weighted by Crippen LogP contribution is -2.30. The molecule has 0 spiro atoms. The Balaban J connectivity index is 0.000000948. The Morgan fingerprint density at radius 1 is 1.15 bits per heavy atom. The highest BCUT2D eigenvalue weighted by molar-refractivity contribution is 7.77. The standard InChI is InChI=1S/C19H26N2O2S.H3NS/c1-11-3-6-15-14(9-11)16(19(23)21-8-7-12(2)10-21)18(24-15)20-17(22)13-4-5-13;1-2/h11-13H,3-10H2,1-2H3,(H,20,22);2H,1H2. The average molecular weight is 396 g/mol. The van der Waals surface area contributed by atoms with Crippen molar-refractivity contribution in [3.63, 3.8) is 0 Å². The molecule has 1 aromatic heterocycles. The fourth-order valence-electron chi connectivity index (χ4n) is 3.91. The first-order valence-electron chi connectivity index (χ1n) is 9.53. The van der Waals surface area contributed by atoms with Gasteiger partial charge in [0.25, 0.3) is 5.91 Å². The third kappa shape index (κ3) is 4.10. The van der Waals surface area contributed by atoms with Crippen molar-refractivity contribution < 1.29 is 9.59 Å². The highest BCUT2D eigenvalue weighted by atomic mass is 32.1. The maximum atomic E-state index is 13.2. The molecule has 1 aliphatic heterocycles. The number of fused-ring (bicyclic) bond motifs is 1. The van der Waals surface area contributed by atoms with E-state index in [1.807, 2.05) is 4.90 Å². The third-order valence-corrected chi connectivity index (χ3v) is 6.82. The zero-order chi connectivity index (χ0) is 18.8. The largest absolute Gasteiger partial charge is 0.338 e. The SMILES string of the molecule is CC1CCc2sc(NC(=O)C3CC3)c(C(=O)N3CCC(C)C3)c2C1.NS. The van der Waals surface area contributed by atoms with Crippen LogP contribution in [0.2, 0.25) is 0 Å². The van der Waals surface area contributed by atoms with Crippen LogP contribution in [0.15, 0.2) is 0 Å². The van der Waals surface area contributed by atoms with Crippen molar-refractivity contribution in [1.82, 2.24) is 4.90 Å². The molecule has 5 nitrogen and oxygen atoms in total. The van der Waals surface area contributed by atoms with Crippen LogP contribution in [0.25, 0.3) is 0 Å². The van der Waals surface area contributed by atoms with E-state index in [0.29, 0.717) is 11.8 Å². The first kappa shape index (κ1) is 19.7. The number of nitrogens with one attached hydrogen (secondary N) is 1. The van der Waals surface area contributed by atoms with Gasteiger partial charge in [-0.1, -0.05) is 13.8 Å². The summed E-state index contributed by atoms with van der Waals surface area (Å²) in [6.45, 7) is 6.15. The minimum atomic E-state index is 0.102. The third-order valence-electron chi connectivity index (χ3n) is 5.62. The van der Waals surface area contributed by atoms with Gasteiger partial charge in [-0.2, -0.15) is 0 Å². The summed E-state index contributed by atoms with van der Waals surface area (Å²) in [5.74, 6) is 1.59. The Labute approximate surface area is 165 Å². The monoisotopic (exact) mass is 395 g/mol. The van der Waals surface area contributed by atoms with Crippen LogP contribution in [0.3, 0.4) is 0 Å². The fraction of sp³-hybridized carbons (Fsp3) is 0.684. The number of nitrogens with zero attached hydrogens (tertiary/aromatic N) is 1. The van der Waals surface area contributed by atoms with Crippen molar-refractivity contribution in [1.29, 1.82) is 0 Å². The summed E-state index contributed by atoms with van der Waals surface area (Å²) < 4.78 is 0. The topological polar surface area (TPSA) is 75.4 Å². The van der Waals surface area contributed by atoms with Crippen molar-refractivity contribution in [3.8, 4) is 0 Å². The van der Waals surface area contributed by atoms with Crippen molar-refractivity contribution >= 4 is 41.0 Å². The second-order valence-corrected chi connectivity index (χ2v) is 9.07. The number of carbonyl (C=O) groups excluding carboxylic acids is 2. The molecule has 2 aliphatic carbocycles. The summed E-state index contributed by atoms with van der Waals surface area (Å²) in [5.41, 5.74) is 2.03. The molecule has 144 valence electrons. The number of hydrogen-bond donors (Lipinski definition) is 3. The molecule has 1 saturated carbocycles. The number of rotatable bonds is 3. The van der Waals surface area contributed by atoms with E-state index < -0.39 is 0 Å². The highest BCUT2D eigenvalue weighted by Gasteiger charge is 2.35. The fourth-order valence-corrected chi connectivity index (χ4v) is 5.15. The number of thiophene rings is 1. The van der Waals surface area contributed by atoms with Gasteiger partial charge in [0.05, 0.1) is 5.56 Å². The van der Waals surface area contributed by atoms with E-state index >= 15 is 0 Å². The minimum Gasteiger partial charge on any atom is -0.338 e. The number of carbonyl (C=O) groups is 2. The first-order valence-corrected chi connectivity index (χ1v) is 10.9. The second kappa shape index (κ2) is 8.31. The van der Waals surface area contributed by atoms with E-state index in [4.69, 9.17) is 0 Å². The van der Waals surface area contributed by atoms with Crippen LogP contribution < -0.4 is 10.5 Å². The molecule has 0 radical (unpaired) electrons. The zero-order valence-electron chi connectivity index (χ0n) is 15.6. The molecule has 3 N–H and O–H groups in total. The molecule has 1 saturated heterocycles. The molecule has 1 aromatic rings. The van der Waals surface area contributed by atoms with Crippen molar-refractivity contribution in [3.05, 3.63) is 16.0 Å². The van der Waals surface area contributed by atoms with Gasteiger partial charge in [0.15, 0.2) is 0 Å². The van der Waals surface area contributed by atoms with E-state index in [1.165, 1.54) is 16.9 Å². The zero-order valence-corrected chi connectivity index (χ0v) is 17.3. The number of anilines is 1. The lowest BCUT2D eigenvalue weighted by Gasteiger charge is -2.22. The predicted molar refractivity (Wildman–Crippen MR) is 110 cm³/mol. The highest BCUT2D eigenvalue weighted by Crippen LogP contribution is 2.41. The van der Waals surface area contributed by atoms with Crippen molar-refractivity contribution in [2.75, 3.05) is 18.4 Å². The molecule has 2 fully saturated rings. The van der Waals surface area contributed by atoms with Crippen LogP contribution >= 0.6 is 24.2 Å². The Morgan fingerprint density at radius 3 is 2.50 bits per heavy atom. The molecule has 2 unspecified atom stereocenters. The Hall–Kier alpha value is -1.05. The molecule has 2 atom stereocenters. The van der Waals surface area contributed by atoms with Crippen LogP contribution in [0.4, 0.5) is 5.00 Å². The Bertz CT molecular complexity index is 685. The summed E-state index contributed by atoms with van der Waals surface area (Å²) in [5, 5.41) is 8.10. The smallest absolute Gasteiger partial charge is 0.257 e. The molecule has 4 rings (SSSR count). The predicted octanol–water partition coefficient (Wildman–Crippen LogP) is 3.49. The molecule has 0 bridgehead atoms. The van der Waals surface area contributed by atoms with Gasteiger partial charge in [0.2, 0.25) is 5.91 Å². The van der Waals surface area contributed by atoms with E-state index in [2.05, 4.69) is 37.1 Å². The van der Waals surface area contributed by atoms with Gasteiger partial charge >= 0.3 is 0 Å². The molecule has 2 heterocycles. The number of likely N-dealkylation sites (tertiary alicyclic amines) is 1. The van der Waals surface area contributed by atoms with E-state index in [1.54, 1.807) is 11.3 Å². The molecule has 0 aromatic carbocycles. The second-order valence-electron chi connectivity index (χ2n) is 7.96. The van der Waals surface area contributed by atoms with Crippen molar-refractivity contribution in [2.24, 2.45) is 22.9 Å². The quantitative estimate of drug-likeness (QED) is 0.686. The van der Waals surface area contributed by atoms with Crippen LogP contribution in [0, 0.1) is 17.8 Å². The van der Waals surface area contributed by atoms with Crippen molar-refractivity contribution in [2.45, 2.75) is 52.4 Å². The Kier molecular flexibility index (Phi) is 6.30. The molecule has 26 heavy (non-hydrogen) atoms. The maximum absolute atomic E-state index is 13.2. The molecule has 2 amide bonds. The van der Waals surface area contributed by atoms with Gasteiger partial charge < -0.3 is 10.2 Å². The molecule has 3 aliphatic rings. The number of thiol groups is 1. The van der Waals surface area contributed by atoms with E-state index in [-0.39, 0.29) is 17.7 Å². The van der Waals surface area contributed by atoms with Crippen LogP contribution in [0.1, 0.15) is 60.3 Å². The summed E-state index contributed by atoms with van der Waals surface area (Å²) in [7, 11) is 0. The summed E-state index contributed by atoms with van der Waals surface area (Å²) in [6.07, 6.45) is 6.24. The van der Waals surface area contributed by atoms with Gasteiger partial charge in [-0.25, -0.2) is 0 Å². The van der Waals surface area contributed by atoms with Gasteiger partial charge in [0, 0.05) is 23.9 Å². The van der Waals surface area contributed by atoms with E-state index in [0.717, 1.165) is 55.8 Å². The molecular weight excluding hydrogens is 366 g/mol. The summed E-state index contributed by atoms with van der Waals surface area (Å²) >= 11 is 4.67. The maximum Gasteiger partial charge on any atom is 0.257 e.